The molecule has 0 bridgehead atoms. The summed E-state index contributed by atoms with van der Waals surface area (Å²) in [6.07, 6.45) is 0. The molecule has 0 aromatic carbocycles. The molecular formula is C4HCl5F2O2. The zero-order valence-corrected chi connectivity index (χ0v) is 9.32. The van der Waals surface area contributed by atoms with Crippen LogP contribution in [0.2, 0.25) is 0 Å². The van der Waals surface area contributed by atoms with Crippen molar-refractivity contribution in [3.8, 4) is 0 Å². The Kier molecular flexibility index (Phi) is 4.80. The summed E-state index contributed by atoms with van der Waals surface area (Å²) in [5, 5.41) is -4.22. The van der Waals surface area contributed by atoms with Crippen LogP contribution < -0.4 is 0 Å². The summed E-state index contributed by atoms with van der Waals surface area (Å²) < 4.78 is 25.3. The van der Waals surface area contributed by atoms with Gasteiger partial charge >= 0.3 is 11.4 Å². The Bertz CT molecular complexity index is 201. The van der Waals surface area contributed by atoms with Gasteiger partial charge in [0.05, 0.1) is 0 Å². The Morgan fingerprint density at radius 3 is 1.85 bits per heavy atom. The average molecular weight is 296 g/mol. The fourth-order valence-corrected chi connectivity index (χ4v) is 0.494. The van der Waals surface area contributed by atoms with Gasteiger partial charge in [0.2, 0.25) is 0 Å². The van der Waals surface area contributed by atoms with Crippen LogP contribution in [-0.4, -0.2) is 20.7 Å². The monoisotopic (exact) mass is 294 g/mol. The zero-order chi connectivity index (χ0) is 10.9. The Balaban J connectivity index is 4.38. The second-order valence-corrected chi connectivity index (χ2v) is 4.64. The van der Waals surface area contributed by atoms with E-state index in [0.717, 1.165) is 0 Å². The number of hydrogen-bond acceptors (Lipinski definition) is 2. The highest BCUT2D eigenvalue weighted by Crippen LogP contribution is 2.35. The minimum absolute atomic E-state index is 1.58. The van der Waals surface area contributed by atoms with E-state index in [2.05, 4.69) is 16.3 Å². The summed E-state index contributed by atoms with van der Waals surface area (Å²) in [5.41, 5.74) is 0. The predicted molar refractivity (Wildman–Crippen MR) is 46.8 cm³/mol. The van der Waals surface area contributed by atoms with Crippen LogP contribution >= 0.6 is 58.0 Å². The molecule has 0 radical (unpaired) electrons. The van der Waals surface area contributed by atoms with E-state index in [1.54, 1.807) is 0 Å². The first-order chi connectivity index (χ1) is 5.57. The number of carbonyl (C=O) groups is 1. The number of alkyl halides is 7. The molecule has 0 amide bonds. The molecule has 0 atom stereocenters. The molecule has 0 saturated carbocycles. The first-order valence-corrected chi connectivity index (χ1v) is 4.54. The highest BCUT2D eigenvalue weighted by molar-refractivity contribution is 6.59. The Hall–Kier alpha value is 0.780. The lowest BCUT2D eigenvalue weighted by Crippen LogP contribution is -2.35. The summed E-state index contributed by atoms with van der Waals surface area (Å²) in [6.45, 7) is 0. The minimum Gasteiger partial charge on any atom is -0.420 e. The van der Waals surface area contributed by atoms with E-state index < -0.39 is 20.7 Å². The van der Waals surface area contributed by atoms with Gasteiger partial charge in [0.25, 0.3) is 4.52 Å². The number of ether oxygens (including phenoxy) is 1. The van der Waals surface area contributed by atoms with Crippen LogP contribution in [0.3, 0.4) is 0 Å². The number of carbonyl (C=O) groups excluding carboxylic acids is 1. The highest BCUT2D eigenvalue weighted by atomic mass is 35.5. The largest absolute Gasteiger partial charge is 0.420 e. The van der Waals surface area contributed by atoms with Crippen molar-refractivity contribution in [1.82, 2.24) is 0 Å². The molecule has 0 N–H and O–H groups in total. The molecule has 0 aliphatic carbocycles. The average Bonchev–Trinajstić information content (AvgIpc) is 1.83. The SMILES string of the molecule is O=C(OC(Cl)(Cl)C(Cl)Cl)C(F)(F)Cl. The molecule has 0 aliphatic heterocycles. The van der Waals surface area contributed by atoms with Gasteiger partial charge in [-0.05, 0) is 11.6 Å². The number of halogens is 7. The lowest BCUT2D eigenvalue weighted by Gasteiger charge is -2.21. The van der Waals surface area contributed by atoms with Crippen molar-refractivity contribution in [3.63, 3.8) is 0 Å². The predicted octanol–water partition coefficient (Wildman–Crippen LogP) is 3.30. The highest BCUT2D eigenvalue weighted by Gasteiger charge is 2.46. The molecule has 78 valence electrons. The topological polar surface area (TPSA) is 26.3 Å². The quantitative estimate of drug-likeness (QED) is 0.590. The van der Waals surface area contributed by atoms with Gasteiger partial charge in [-0.15, -0.1) is 0 Å². The van der Waals surface area contributed by atoms with Crippen LogP contribution in [0.5, 0.6) is 0 Å². The lowest BCUT2D eigenvalue weighted by molar-refractivity contribution is -0.164. The van der Waals surface area contributed by atoms with Crippen LogP contribution in [-0.2, 0) is 9.53 Å². The molecule has 0 saturated heterocycles. The standard InChI is InChI=1S/C4HCl5F2O2/c5-1(6)3(7,8)13-2(12)4(9,10)11/h1H. The van der Waals surface area contributed by atoms with Gasteiger partial charge in [0.1, 0.15) is 0 Å². The van der Waals surface area contributed by atoms with E-state index in [-0.39, 0.29) is 0 Å². The van der Waals surface area contributed by atoms with Crippen LogP contribution in [0.1, 0.15) is 0 Å². The van der Waals surface area contributed by atoms with E-state index in [0.29, 0.717) is 0 Å². The maximum atomic E-state index is 12.0. The molecule has 13 heavy (non-hydrogen) atoms. The van der Waals surface area contributed by atoms with Gasteiger partial charge in [-0.2, -0.15) is 8.78 Å². The van der Waals surface area contributed by atoms with Crippen molar-refractivity contribution in [2.75, 3.05) is 0 Å². The molecule has 2 nitrogen and oxygen atoms in total. The third-order valence-electron chi connectivity index (χ3n) is 0.714. The molecule has 9 heteroatoms. The first kappa shape index (κ1) is 13.8. The normalized spacial score (nSPS) is 13.2. The molecule has 0 aliphatic rings. The van der Waals surface area contributed by atoms with E-state index in [9.17, 15) is 13.6 Å². The summed E-state index contributed by atoms with van der Waals surface area (Å²) in [7, 11) is 0. The Morgan fingerprint density at radius 1 is 1.23 bits per heavy atom. The van der Waals surface area contributed by atoms with E-state index in [4.69, 9.17) is 46.4 Å². The summed E-state index contributed by atoms with van der Waals surface area (Å²) in [4.78, 5) is 8.81. The number of esters is 1. The zero-order valence-electron chi connectivity index (χ0n) is 5.54. The van der Waals surface area contributed by atoms with Crippen molar-refractivity contribution >= 4 is 64.0 Å². The second kappa shape index (κ2) is 4.53. The Morgan fingerprint density at radius 2 is 1.62 bits per heavy atom. The van der Waals surface area contributed by atoms with Gasteiger partial charge in [0, 0.05) is 0 Å². The molecule has 0 fully saturated rings. The molecule has 0 rings (SSSR count). The third-order valence-corrected chi connectivity index (χ3v) is 2.52. The summed E-state index contributed by atoms with van der Waals surface area (Å²) in [6, 6.07) is 0. The van der Waals surface area contributed by atoms with Gasteiger partial charge in [-0.25, -0.2) is 4.79 Å². The van der Waals surface area contributed by atoms with Crippen molar-refractivity contribution in [2.45, 2.75) is 14.7 Å². The van der Waals surface area contributed by atoms with Gasteiger partial charge in [-0.1, -0.05) is 46.4 Å². The van der Waals surface area contributed by atoms with Gasteiger partial charge in [-0.3, -0.25) is 0 Å². The van der Waals surface area contributed by atoms with E-state index in [1.807, 2.05) is 0 Å². The van der Waals surface area contributed by atoms with Crippen LogP contribution in [0.15, 0.2) is 0 Å². The molecule has 0 heterocycles. The molecular weight excluding hydrogens is 295 g/mol. The maximum absolute atomic E-state index is 12.0. The first-order valence-electron chi connectivity index (χ1n) is 2.53. The van der Waals surface area contributed by atoms with Gasteiger partial charge in [0.15, 0.2) is 4.84 Å². The van der Waals surface area contributed by atoms with E-state index in [1.165, 1.54) is 0 Å². The fourth-order valence-electron chi connectivity index (χ4n) is 0.226. The van der Waals surface area contributed by atoms with Gasteiger partial charge < -0.3 is 4.74 Å². The van der Waals surface area contributed by atoms with Crippen LogP contribution in [0.25, 0.3) is 0 Å². The van der Waals surface area contributed by atoms with E-state index >= 15 is 0 Å². The Labute approximate surface area is 97.0 Å². The third kappa shape index (κ3) is 4.70. The van der Waals surface area contributed by atoms with Crippen molar-refractivity contribution < 1.29 is 18.3 Å². The molecule has 0 aromatic heterocycles. The summed E-state index contributed by atoms with van der Waals surface area (Å²) >= 11 is 24.8. The second-order valence-electron chi connectivity index (χ2n) is 1.75. The molecule has 0 unspecified atom stereocenters. The minimum atomic E-state index is -4.22. The molecule has 0 spiro atoms. The number of rotatable bonds is 3. The fraction of sp³-hybridized carbons (Fsp3) is 0.750. The smallest absolute Gasteiger partial charge is 0.418 e. The maximum Gasteiger partial charge on any atom is 0.418 e. The summed E-state index contributed by atoms with van der Waals surface area (Å²) in [5.74, 6) is -2.13. The van der Waals surface area contributed by atoms with Crippen LogP contribution in [0.4, 0.5) is 8.78 Å². The molecule has 0 aromatic rings. The van der Waals surface area contributed by atoms with Crippen molar-refractivity contribution in [1.29, 1.82) is 0 Å². The number of hydrogen-bond donors (Lipinski definition) is 0. The van der Waals surface area contributed by atoms with Crippen LogP contribution in [0, 0.1) is 0 Å². The lowest BCUT2D eigenvalue weighted by atomic mass is 10.7. The van der Waals surface area contributed by atoms with Crippen molar-refractivity contribution in [2.24, 2.45) is 0 Å². The van der Waals surface area contributed by atoms with Crippen molar-refractivity contribution in [3.05, 3.63) is 0 Å².